The standard InChI is InChI=1S/C23H45N5O2.HI/c1-6-9-15-30-20-16-19(23(20,4)5)27-22(24-8-3)26-18-10-13-28(14-11-18)17-21(29)25-12-7-2;/h18-20H,6-17H2,1-5H3,(H,25,29)(H2,24,26,27);1H. The summed E-state index contributed by atoms with van der Waals surface area (Å²) in [6.07, 6.45) is 6.71. The third-order valence-corrected chi connectivity index (χ3v) is 6.49. The van der Waals surface area contributed by atoms with Gasteiger partial charge in [-0.3, -0.25) is 14.7 Å². The van der Waals surface area contributed by atoms with Crippen LogP contribution in [0, 0.1) is 5.41 Å². The number of unbranched alkanes of at least 4 members (excludes halogenated alkanes) is 1. The van der Waals surface area contributed by atoms with Crippen LogP contribution >= 0.6 is 24.0 Å². The summed E-state index contributed by atoms with van der Waals surface area (Å²) in [4.78, 5) is 18.9. The maximum atomic E-state index is 11.9. The van der Waals surface area contributed by atoms with E-state index < -0.39 is 0 Å². The first-order valence-corrected chi connectivity index (χ1v) is 12.1. The van der Waals surface area contributed by atoms with Crippen molar-refractivity contribution < 1.29 is 9.53 Å². The van der Waals surface area contributed by atoms with Gasteiger partial charge in [-0.15, -0.1) is 24.0 Å². The molecule has 0 aromatic heterocycles. The fourth-order valence-electron chi connectivity index (χ4n) is 4.19. The Morgan fingerprint density at radius 1 is 1.13 bits per heavy atom. The van der Waals surface area contributed by atoms with Crippen LogP contribution in [0.1, 0.15) is 73.1 Å². The number of rotatable bonds is 11. The summed E-state index contributed by atoms with van der Waals surface area (Å²) in [5.74, 6) is 1.06. The first-order chi connectivity index (χ1) is 14.4. The van der Waals surface area contributed by atoms with Gasteiger partial charge in [-0.2, -0.15) is 0 Å². The molecule has 3 N–H and O–H groups in total. The molecule has 0 aromatic rings. The average molecular weight is 552 g/mol. The summed E-state index contributed by atoms with van der Waals surface area (Å²) in [6, 6.07) is 0.779. The summed E-state index contributed by atoms with van der Waals surface area (Å²) < 4.78 is 6.08. The number of hydrogen-bond acceptors (Lipinski definition) is 4. The summed E-state index contributed by atoms with van der Waals surface area (Å²) in [7, 11) is 0. The van der Waals surface area contributed by atoms with Gasteiger partial charge in [0.05, 0.1) is 12.6 Å². The highest BCUT2D eigenvalue weighted by Crippen LogP contribution is 2.42. The molecule has 182 valence electrons. The van der Waals surface area contributed by atoms with Crippen molar-refractivity contribution in [2.45, 2.75) is 91.3 Å². The number of amides is 1. The molecule has 1 saturated heterocycles. The highest BCUT2D eigenvalue weighted by molar-refractivity contribution is 14.0. The monoisotopic (exact) mass is 551 g/mol. The van der Waals surface area contributed by atoms with Crippen LogP contribution in [0.3, 0.4) is 0 Å². The molecule has 0 bridgehead atoms. The normalized spacial score (nSPS) is 24.1. The number of aliphatic imine (C=N–C) groups is 1. The molecule has 0 aromatic carbocycles. The fourth-order valence-corrected chi connectivity index (χ4v) is 4.19. The zero-order valence-electron chi connectivity index (χ0n) is 20.3. The molecule has 7 nitrogen and oxygen atoms in total. The highest BCUT2D eigenvalue weighted by Gasteiger charge is 2.49. The molecule has 1 aliphatic carbocycles. The van der Waals surface area contributed by atoms with Crippen LogP contribution in [-0.4, -0.2) is 74.3 Å². The molecule has 0 spiro atoms. The van der Waals surface area contributed by atoms with E-state index in [9.17, 15) is 4.79 Å². The zero-order chi connectivity index (χ0) is 22.0. The van der Waals surface area contributed by atoms with E-state index in [1.165, 1.54) is 6.42 Å². The number of likely N-dealkylation sites (tertiary alicyclic amines) is 1. The Morgan fingerprint density at radius 3 is 2.42 bits per heavy atom. The number of nitrogens with zero attached hydrogens (tertiary/aromatic N) is 2. The van der Waals surface area contributed by atoms with Gasteiger partial charge < -0.3 is 20.7 Å². The SMILES string of the molecule is CCCCOC1CC(NC(=NCC)NC2CCN(CC(=O)NCCC)CC2)C1(C)C.I. The lowest BCUT2D eigenvalue weighted by atomic mass is 9.64. The number of nitrogens with one attached hydrogen (secondary N) is 3. The van der Waals surface area contributed by atoms with Crippen LogP contribution in [0.5, 0.6) is 0 Å². The second-order valence-electron chi connectivity index (χ2n) is 9.33. The molecule has 2 unspecified atom stereocenters. The van der Waals surface area contributed by atoms with E-state index in [0.29, 0.717) is 24.7 Å². The van der Waals surface area contributed by atoms with E-state index in [1.807, 2.05) is 0 Å². The molecule has 2 atom stereocenters. The lowest BCUT2D eigenvalue weighted by Crippen LogP contribution is -2.64. The van der Waals surface area contributed by atoms with Crippen LogP contribution in [0.4, 0.5) is 0 Å². The third kappa shape index (κ3) is 9.04. The molecule has 0 radical (unpaired) electrons. The topological polar surface area (TPSA) is 78.0 Å². The van der Waals surface area contributed by atoms with Gasteiger partial charge in [0, 0.05) is 50.3 Å². The quantitative estimate of drug-likeness (QED) is 0.159. The van der Waals surface area contributed by atoms with Crippen molar-refractivity contribution in [3.05, 3.63) is 0 Å². The van der Waals surface area contributed by atoms with Crippen molar-refractivity contribution >= 4 is 35.8 Å². The van der Waals surface area contributed by atoms with Gasteiger partial charge in [-0.25, -0.2) is 0 Å². The van der Waals surface area contributed by atoms with Crippen molar-refractivity contribution in [1.29, 1.82) is 0 Å². The molecule has 1 saturated carbocycles. The second-order valence-corrected chi connectivity index (χ2v) is 9.33. The Kier molecular flexibility index (Phi) is 13.3. The number of piperidine rings is 1. The van der Waals surface area contributed by atoms with E-state index in [1.54, 1.807) is 0 Å². The predicted octanol–water partition coefficient (Wildman–Crippen LogP) is 3.13. The van der Waals surface area contributed by atoms with Gasteiger partial charge in [-0.1, -0.05) is 34.1 Å². The molecular weight excluding hydrogens is 505 g/mol. The molecule has 31 heavy (non-hydrogen) atoms. The van der Waals surface area contributed by atoms with Crippen molar-refractivity contribution in [3.8, 4) is 0 Å². The molecule has 2 fully saturated rings. The lowest BCUT2D eigenvalue weighted by molar-refractivity contribution is -0.122. The van der Waals surface area contributed by atoms with E-state index in [2.05, 4.69) is 60.5 Å². The Labute approximate surface area is 206 Å². The lowest BCUT2D eigenvalue weighted by Gasteiger charge is -2.52. The van der Waals surface area contributed by atoms with Crippen molar-refractivity contribution in [1.82, 2.24) is 20.9 Å². The number of ether oxygens (including phenoxy) is 1. The average Bonchev–Trinajstić information content (AvgIpc) is 2.72. The van der Waals surface area contributed by atoms with Gasteiger partial charge >= 0.3 is 0 Å². The fraction of sp³-hybridized carbons (Fsp3) is 0.913. The number of carbonyl (C=O) groups is 1. The number of halogens is 1. The van der Waals surface area contributed by atoms with Crippen LogP contribution < -0.4 is 16.0 Å². The predicted molar refractivity (Wildman–Crippen MR) is 139 cm³/mol. The Hall–Kier alpha value is -0.610. The minimum Gasteiger partial charge on any atom is -0.378 e. The summed E-state index contributed by atoms with van der Waals surface area (Å²) in [5, 5.41) is 10.3. The van der Waals surface area contributed by atoms with E-state index in [0.717, 1.165) is 70.8 Å². The molecule has 2 rings (SSSR count). The van der Waals surface area contributed by atoms with Crippen LogP contribution in [-0.2, 0) is 9.53 Å². The van der Waals surface area contributed by atoms with Gasteiger partial charge in [0.2, 0.25) is 5.91 Å². The largest absolute Gasteiger partial charge is 0.378 e. The first-order valence-electron chi connectivity index (χ1n) is 12.1. The minimum absolute atomic E-state index is 0. The van der Waals surface area contributed by atoms with E-state index >= 15 is 0 Å². The summed E-state index contributed by atoms with van der Waals surface area (Å²) in [6.45, 7) is 15.7. The molecular formula is C23H46IN5O2. The molecule has 8 heteroatoms. The van der Waals surface area contributed by atoms with E-state index in [-0.39, 0.29) is 35.3 Å². The smallest absolute Gasteiger partial charge is 0.234 e. The minimum atomic E-state index is 0. The number of carbonyl (C=O) groups excluding carboxylic acids is 1. The van der Waals surface area contributed by atoms with Crippen molar-refractivity contribution in [2.75, 3.05) is 39.3 Å². The summed E-state index contributed by atoms with van der Waals surface area (Å²) >= 11 is 0. The van der Waals surface area contributed by atoms with Crippen molar-refractivity contribution in [2.24, 2.45) is 10.4 Å². The molecule has 1 amide bonds. The van der Waals surface area contributed by atoms with Gasteiger partial charge in [-0.05, 0) is 39.0 Å². The van der Waals surface area contributed by atoms with Crippen molar-refractivity contribution in [3.63, 3.8) is 0 Å². The second kappa shape index (κ2) is 14.5. The zero-order valence-corrected chi connectivity index (χ0v) is 22.7. The van der Waals surface area contributed by atoms with Crippen LogP contribution in [0.2, 0.25) is 0 Å². The van der Waals surface area contributed by atoms with Gasteiger partial charge in [0.1, 0.15) is 0 Å². The third-order valence-electron chi connectivity index (χ3n) is 6.49. The van der Waals surface area contributed by atoms with Gasteiger partial charge in [0.15, 0.2) is 5.96 Å². The van der Waals surface area contributed by atoms with Crippen LogP contribution in [0.25, 0.3) is 0 Å². The first kappa shape index (κ1) is 28.4. The molecule has 1 heterocycles. The maximum absolute atomic E-state index is 11.9. The van der Waals surface area contributed by atoms with Crippen LogP contribution in [0.15, 0.2) is 4.99 Å². The number of guanidine groups is 1. The summed E-state index contributed by atoms with van der Waals surface area (Å²) in [5.41, 5.74) is 0.110. The number of hydrogen-bond donors (Lipinski definition) is 3. The van der Waals surface area contributed by atoms with Gasteiger partial charge in [0.25, 0.3) is 0 Å². The molecule has 1 aliphatic heterocycles. The Morgan fingerprint density at radius 2 is 1.84 bits per heavy atom. The molecule has 2 aliphatic rings. The maximum Gasteiger partial charge on any atom is 0.234 e. The van der Waals surface area contributed by atoms with E-state index in [4.69, 9.17) is 4.74 Å². The Balaban J connectivity index is 0.00000480. The Bertz CT molecular complexity index is 550. The highest BCUT2D eigenvalue weighted by atomic mass is 127.